The Morgan fingerprint density at radius 2 is 2.31 bits per heavy atom. The number of aliphatic hydroxyl groups is 1. The van der Waals surface area contributed by atoms with Crippen LogP contribution in [0.5, 0.6) is 0 Å². The highest BCUT2D eigenvalue weighted by molar-refractivity contribution is 5.77. The summed E-state index contributed by atoms with van der Waals surface area (Å²) in [5.41, 5.74) is 0. The molecular formula is C9H16N2O2. The van der Waals surface area contributed by atoms with E-state index >= 15 is 0 Å². The number of nitrogens with zero attached hydrogens (tertiary/aromatic N) is 1. The standard InChI is InChI=1S/C9H16N2O2/c12-8-5-11(6-8)9(13)4-7-2-1-3-10-7/h7-8,10,12H,1-6H2. The Bertz CT molecular complexity index is 196. The van der Waals surface area contributed by atoms with Gasteiger partial charge in [-0.1, -0.05) is 0 Å². The van der Waals surface area contributed by atoms with Crippen molar-refractivity contribution >= 4 is 5.91 Å². The van der Waals surface area contributed by atoms with Gasteiger partial charge in [0, 0.05) is 25.6 Å². The third-order valence-electron chi connectivity index (χ3n) is 2.80. The molecule has 0 aromatic heterocycles. The third-order valence-corrected chi connectivity index (χ3v) is 2.80. The molecule has 1 amide bonds. The zero-order valence-corrected chi connectivity index (χ0v) is 7.70. The maximum atomic E-state index is 11.5. The first-order valence-electron chi connectivity index (χ1n) is 4.95. The fraction of sp³-hybridized carbons (Fsp3) is 0.889. The van der Waals surface area contributed by atoms with Crippen LogP contribution in [0.2, 0.25) is 0 Å². The Morgan fingerprint density at radius 3 is 2.85 bits per heavy atom. The Labute approximate surface area is 77.9 Å². The van der Waals surface area contributed by atoms with Gasteiger partial charge in [0.1, 0.15) is 0 Å². The first-order chi connectivity index (χ1) is 6.25. The number of hydrogen-bond acceptors (Lipinski definition) is 3. The largest absolute Gasteiger partial charge is 0.389 e. The van der Waals surface area contributed by atoms with Crippen molar-refractivity contribution in [2.24, 2.45) is 0 Å². The highest BCUT2D eigenvalue weighted by Crippen LogP contribution is 2.14. The van der Waals surface area contributed by atoms with Gasteiger partial charge in [0.25, 0.3) is 0 Å². The van der Waals surface area contributed by atoms with Gasteiger partial charge in [-0.25, -0.2) is 0 Å². The predicted octanol–water partition coefficient (Wildman–Crippen LogP) is -0.668. The van der Waals surface area contributed by atoms with Crippen molar-refractivity contribution in [2.45, 2.75) is 31.4 Å². The van der Waals surface area contributed by atoms with Crippen LogP contribution < -0.4 is 5.32 Å². The molecule has 4 heteroatoms. The first-order valence-corrected chi connectivity index (χ1v) is 4.95. The van der Waals surface area contributed by atoms with E-state index in [1.54, 1.807) is 4.90 Å². The summed E-state index contributed by atoms with van der Waals surface area (Å²) in [6, 6.07) is 0.380. The summed E-state index contributed by atoms with van der Waals surface area (Å²) in [7, 11) is 0. The number of likely N-dealkylation sites (tertiary alicyclic amines) is 1. The highest BCUT2D eigenvalue weighted by atomic mass is 16.3. The van der Waals surface area contributed by atoms with E-state index in [4.69, 9.17) is 5.11 Å². The maximum absolute atomic E-state index is 11.5. The van der Waals surface area contributed by atoms with Gasteiger partial charge in [0.2, 0.25) is 5.91 Å². The van der Waals surface area contributed by atoms with E-state index in [9.17, 15) is 4.79 Å². The van der Waals surface area contributed by atoms with Gasteiger partial charge in [-0.3, -0.25) is 4.79 Å². The van der Waals surface area contributed by atoms with Crippen LogP contribution in [0.1, 0.15) is 19.3 Å². The molecule has 2 aliphatic rings. The number of hydrogen-bond donors (Lipinski definition) is 2. The summed E-state index contributed by atoms with van der Waals surface area (Å²) in [4.78, 5) is 13.2. The molecule has 2 aliphatic heterocycles. The van der Waals surface area contributed by atoms with Gasteiger partial charge in [-0.05, 0) is 19.4 Å². The molecule has 1 atom stereocenters. The molecule has 0 aromatic carbocycles. The zero-order chi connectivity index (χ0) is 9.26. The molecule has 2 N–H and O–H groups in total. The van der Waals surface area contributed by atoms with Crippen molar-refractivity contribution in [1.29, 1.82) is 0 Å². The Morgan fingerprint density at radius 1 is 1.54 bits per heavy atom. The highest BCUT2D eigenvalue weighted by Gasteiger charge is 2.30. The van der Waals surface area contributed by atoms with Gasteiger partial charge >= 0.3 is 0 Å². The van der Waals surface area contributed by atoms with Gasteiger partial charge < -0.3 is 15.3 Å². The monoisotopic (exact) mass is 184 g/mol. The summed E-state index contributed by atoms with van der Waals surface area (Å²) in [5, 5.41) is 12.3. The summed E-state index contributed by atoms with van der Waals surface area (Å²) >= 11 is 0. The van der Waals surface area contributed by atoms with Crippen LogP contribution in [0.25, 0.3) is 0 Å². The van der Waals surface area contributed by atoms with Crippen LogP contribution in [0.4, 0.5) is 0 Å². The lowest BCUT2D eigenvalue weighted by molar-refractivity contribution is -0.141. The lowest BCUT2D eigenvalue weighted by Gasteiger charge is -2.36. The van der Waals surface area contributed by atoms with Crippen molar-refractivity contribution < 1.29 is 9.90 Å². The van der Waals surface area contributed by atoms with Crippen molar-refractivity contribution in [2.75, 3.05) is 19.6 Å². The van der Waals surface area contributed by atoms with Crippen LogP contribution in [-0.4, -0.2) is 47.7 Å². The van der Waals surface area contributed by atoms with Crippen molar-refractivity contribution in [3.8, 4) is 0 Å². The Kier molecular flexibility index (Phi) is 2.51. The van der Waals surface area contributed by atoms with E-state index in [0.29, 0.717) is 25.6 Å². The van der Waals surface area contributed by atoms with Gasteiger partial charge in [0.15, 0.2) is 0 Å². The van der Waals surface area contributed by atoms with E-state index in [0.717, 1.165) is 13.0 Å². The number of amides is 1. The molecule has 0 aliphatic carbocycles. The van der Waals surface area contributed by atoms with E-state index in [2.05, 4.69) is 5.32 Å². The fourth-order valence-corrected chi connectivity index (χ4v) is 1.93. The van der Waals surface area contributed by atoms with Crippen LogP contribution in [0.3, 0.4) is 0 Å². The molecule has 2 saturated heterocycles. The minimum atomic E-state index is -0.277. The SMILES string of the molecule is O=C(CC1CCCN1)N1CC(O)C1. The summed E-state index contributed by atoms with van der Waals surface area (Å²) in [6.45, 7) is 2.11. The number of β-amino-alcohol motifs (C(OH)–C–C–N with tert-alkyl or cyclic N) is 1. The number of carbonyl (C=O) groups is 1. The second kappa shape index (κ2) is 3.64. The summed E-state index contributed by atoms with van der Waals surface area (Å²) in [6.07, 6.45) is 2.62. The molecule has 0 saturated carbocycles. The van der Waals surface area contributed by atoms with Crippen LogP contribution >= 0.6 is 0 Å². The fourth-order valence-electron chi connectivity index (χ4n) is 1.93. The summed E-state index contributed by atoms with van der Waals surface area (Å²) in [5.74, 6) is 0.185. The third kappa shape index (κ3) is 2.00. The smallest absolute Gasteiger partial charge is 0.224 e. The summed E-state index contributed by atoms with van der Waals surface area (Å²) < 4.78 is 0. The molecule has 1 unspecified atom stereocenters. The lowest BCUT2D eigenvalue weighted by atomic mass is 10.1. The zero-order valence-electron chi connectivity index (χ0n) is 7.70. The molecule has 0 radical (unpaired) electrons. The van der Waals surface area contributed by atoms with Crippen LogP contribution in [0.15, 0.2) is 0 Å². The average Bonchev–Trinajstić information content (AvgIpc) is 2.51. The molecule has 2 fully saturated rings. The number of rotatable bonds is 2. The lowest BCUT2D eigenvalue weighted by Crippen LogP contribution is -2.54. The Hall–Kier alpha value is -0.610. The second-order valence-electron chi connectivity index (χ2n) is 3.95. The quantitative estimate of drug-likeness (QED) is 0.598. The van der Waals surface area contributed by atoms with E-state index in [1.165, 1.54) is 6.42 Å². The minimum absolute atomic E-state index is 0.185. The molecular weight excluding hydrogens is 168 g/mol. The van der Waals surface area contributed by atoms with Crippen molar-refractivity contribution in [1.82, 2.24) is 10.2 Å². The van der Waals surface area contributed by atoms with Crippen molar-refractivity contribution in [3.05, 3.63) is 0 Å². The molecule has 0 aromatic rings. The molecule has 2 heterocycles. The second-order valence-corrected chi connectivity index (χ2v) is 3.95. The topological polar surface area (TPSA) is 52.6 Å². The molecule has 2 rings (SSSR count). The molecule has 0 bridgehead atoms. The van der Waals surface area contributed by atoms with Gasteiger partial charge in [-0.2, -0.15) is 0 Å². The normalized spacial score (nSPS) is 29.0. The van der Waals surface area contributed by atoms with Crippen LogP contribution in [0, 0.1) is 0 Å². The van der Waals surface area contributed by atoms with Crippen molar-refractivity contribution in [3.63, 3.8) is 0 Å². The molecule has 13 heavy (non-hydrogen) atoms. The molecule has 74 valence electrons. The van der Waals surface area contributed by atoms with E-state index in [1.807, 2.05) is 0 Å². The predicted molar refractivity (Wildman–Crippen MR) is 48.2 cm³/mol. The van der Waals surface area contributed by atoms with E-state index < -0.39 is 0 Å². The van der Waals surface area contributed by atoms with E-state index in [-0.39, 0.29) is 12.0 Å². The molecule has 4 nitrogen and oxygen atoms in total. The van der Waals surface area contributed by atoms with Gasteiger partial charge in [-0.15, -0.1) is 0 Å². The number of nitrogens with one attached hydrogen (secondary N) is 1. The minimum Gasteiger partial charge on any atom is -0.389 e. The number of carbonyl (C=O) groups excluding carboxylic acids is 1. The van der Waals surface area contributed by atoms with Gasteiger partial charge in [0.05, 0.1) is 6.10 Å². The first kappa shape index (κ1) is 8.97. The van der Waals surface area contributed by atoms with Crippen LogP contribution in [-0.2, 0) is 4.79 Å². The molecule has 0 spiro atoms. The average molecular weight is 184 g/mol. The Balaban J connectivity index is 1.72. The maximum Gasteiger partial charge on any atom is 0.224 e. The number of aliphatic hydroxyl groups excluding tert-OH is 1.